The molecule has 0 fully saturated rings. The molecule has 0 aromatic heterocycles. The van der Waals surface area contributed by atoms with Gasteiger partial charge in [0.1, 0.15) is 5.82 Å². The van der Waals surface area contributed by atoms with Crippen LogP contribution in [0.15, 0.2) is 36.4 Å². The van der Waals surface area contributed by atoms with Crippen LogP contribution in [-0.4, -0.2) is 36.6 Å². The Balaban J connectivity index is 2.13. The minimum absolute atomic E-state index is 0.0548. The largest absolute Gasteiger partial charge is 0.465 e. The number of halogens is 5. The fourth-order valence-corrected chi connectivity index (χ4v) is 3.15. The molecular weight excluding hydrogens is 470 g/mol. The Morgan fingerprint density at radius 3 is 2.33 bits per heavy atom. The Labute approximate surface area is 191 Å². The zero-order chi connectivity index (χ0) is 24.9. The number of methoxy groups -OCH3 is 1. The third-order valence-corrected chi connectivity index (χ3v) is 4.84. The summed E-state index contributed by atoms with van der Waals surface area (Å²) in [6.07, 6.45) is -4.85. The van der Waals surface area contributed by atoms with Crippen LogP contribution in [0.25, 0.3) is 0 Å². The summed E-state index contributed by atoms with van der Waals surface area (Å²) in [6.45, 7) is 3.05. The molecule has 0 spiro atoms. The number of nitrogens with one attached hydrogen (secondary N) is 2. The van der Waals surface area contributed by atoms with Gasteiger partial charge in [0.05, 0.1) is 24.3 Å². The zero-order valence-electron chi connectivity index (χ0n) is 17.7. The first-order chi connectivity index (χ1) is 15.4. The molecule has 7 nitrogen and oxygen atoms in total. The molecule has 33 heavy (non-hydrogen) atoms. The smallest absolute Gasteiger partial charge is 0.416 e. The molecule has 12 heteroatoms. The van der Waals surface area contributed by atoms with Crippen molar-refractivity contribution >= 4 is 29.5 Å². The van der Waals surface area contributed by atoms with Crippen molar-refractivity contribution in [2.45, 2.75) is 26.1 Å². The quantitative estimate of drug-likeness (QED) is 0.361. The molecule has 0 aliphatic rings. The van der Waals surface area contributed by atoms with E-state index in [1.165, 1.54) is 32.2 Å². The molecule has 0 unspecified atom stereocenters. The van der Waals surface area contributed by atoms with Crippen molar-refractivity contribution in [1.82, 2.24) is 15.8 Å². The van der Waals surface area contributed by atoms with E-state index in [1.54, 1.807) is 6.92 Å². The third kappa shape index (κ3) is 6.58. The van der Waals surface area contributed by atoms with Gasteiger partial charge in [0.2, 0.25) is 0 Å². The Kier molecular flexibility index (Phi) is 8.26. The number of hydrogen-bond acceptors (Lipinski definition) is 4. The lowest BCUT2D eigenvalue weighted by atomic mass is 10.1. The maximum atomic E-state index is 13.6. The van der Waals surface area contributed by atoms with Crippen molar-refractivity contribution in [3.63, 3.8) is 0 Å². The number of urea groups is 1. The van der Waals surface area contributed by atoms with Gasteiger partial charge in [-0.1, -0.05) is 17.7 Å². The number of carbonyl (C=O) groups is 3. The maximum Gasteiger partial charge on any atom is 0.416 e. The number of hydrogen-bond donors (Lipinski definition) is 2. The summed E-state index contributed by atoms with van der Waals surface area (Å²) in [5.74, 6) is -2.95. The van der Waals surface area contributed by atoms with Gasteiger partial charge < -0.3 is 10.1 Å². The molecule has 2 rings (SSSR count). The molecular formula is C21H20ClF4N3O4. The first-order valence-electron chi connectivity index (χ1n) is 9.51. The molecule has 2 N–H and O–H groups in total. The minimum Gasteiger partial charge on any atom is -0.465 e. The fraction of sp³-hybridized carbons (Fsp3) is 0.286. The molecule has 0 saturated carbocycles. The summed E-state index contributed by atoms with van der Waals surface area (Å²) in [7, 11) is 1.22. The summed E-state index contributed by atoms with van der Waals surface area (Å²) < 4.78 is 56.8. The van der Waals surface area contributed by atoms with Gasteiger partial charge in [0, 0.05) is 17.1 Å². The Morgan fingerprint density at radius 1 is 1.12 bits per heavy atom. The second-order valence-corrected chi connectivity index (χ2v) is 7.22. The standard InChI is InChI=1S/C21H20ClF4N3O4/c1-4-29(28-18(30)13-7-14(21(24,25)26)10-15(23)8-13)20(32)27-11(2)16-6-5-12(9-17(16)22)19(31)33-3/h5-11H,4H2,1-3H3,(H,27,32)(H,28,30)/t11-/m1/s1. The average Bonchev–Trinajstić information content (AvgIpc) is 2.75. The highest BCUT2D eigenvalue weighted by Gasteiger charge is 2.32. The number of benzene rings is 2. The topological polar surface area (TPSA) is 87.7 Å². The molecule has 2 aromatic carbocycles. The van der Waals surface area contributed by atoms with Gasteiger partial charge in [-0.2, -0.15) is 13.2 Å². The SMILES string of the molecule is CCN(NC(=O)c1cc(F)cc(C(F)(F)F)c1)C(=O)N[C@H](C)c1ccc(C(=O)OC)cc1Cl. The molecule has 1 atom stereocenters. The number of amides is 3. The van der Waals surface area contributed by atoms with Crippen molar-refractivity contribution in [2.75, 3.05) is 13.7 Å². The highest BCUT2D eigenvalue weighted by molar-refractivity contribution is 6.31. The molecule has 0 aliphatic carbocycles. The van der Waals surface area contributed by atoms with E-state index >= 15 is 0 Å². The maximum absolute atomic E-state index is 13.6. The Morgan fingerprint density at radius 2 is 1.79 bits per heavy atom. The van der Waals surface area contributed by atoms with E-state index in [9.17, 15) is 31.9 Å². The highest BCUT2D eigenvalue weighted by Crippen LogP contribution is 2.30. The summed E-state index contributed by atoms with van der Waals surface area (Å²) >= 11 is 6.18. The predicted molar refractivity (Wildman–Crippen MR) is 111 cm³/mol. The molecule has 3 amide bonds. The van der Waals surface area contributed by atoms with Crippen molar-refractivity contribution in [3.05, 3.63) is 69.5 Å². The zero-order valence-corrected chi connectivity index (χ0v) is 18.5. The van der Waals surface area contributed by atoms with E-state index in [2.05, 4.69) is 15.5 Å². The van der Waals surface area contributed by atoms with Crippen molar-refractivity contribution in [2.24, 2.45) is 0 Å². The Bertz CT molecular complexity index is 1060. The summed E-state index contributed by atoms with van der Waals surface area (Å²) in [5.41, 5.74) is 0.870. The fourth-order valence-electron chi connectivity index (χ4n) is 2.81. The van der Waals surface area contributed by atoms with E-state index in [0.29, 0.717) is 17.7 Å². The van der Waals surface area contributed by atoms with Crippen LogP contribution in [0.1, 0.15) is 51.7 Å². The lowest BCUT2D eigenvalue weighted by Gasteiger charge is -2.25. The number of nitrogens with zero attached hydrogens (tertiary/aromatic N) is 1. The normalized spacial score (nSPS) is 12.0. The van der Waals surface area contributed by atoms with E-state index in [4.69, 9.17) is 11.6 Å². The number of carbonyl (C=O) groups excluding carboxylic acids is 3. The number of ether oxygens (including phenoxy) is 1. The second kappa shape index (κ2) is 10.5. The molecule has 2 aromatic rings. The van der Waals surface area contributed by atoms with Crippen LogP contribution < -0.4 is 10.7 Å². The molecule has 0 bridgehead atoms. The van der Waals surface area contributed by atoms with Crippen molar-refractivity contribution in [1.29, 1.82) is 0 Å². The number of hydrazine groups is 1. The molecule has 0 saturated heterocycles. The second-order valence-electron chi connectivity index (χ2n) is 6.81. The highest BCUT2D eigenvalue weighted by atomic mass is 35.5. The number of esters is 1. The van der Waals surface area contributed by atoms with Crippen LogP contribution in [0.2, 0.25) is 5.02 Å². The van der Waals surface area contributed by atoms with Gasteiger partial charge >= 0.3 is 18.2 Å². The summed E-state index contributed by atoms with van der Waals surface area (Å²) in [6, 6.07) is 4.24. The van der Waals surface area contributed by atoms with Crippen LogP contribution in [0.3, 0.4) is 0 Å². The first kappa shape index (κ1) is 25.9. The van der Waals surface area contributed by atoms with Gasteiger partial charge in [0.25, 0.3) is 5.91 Å². The third-order valence-electron chi connectivity index (χ3n) is 4.51. The van der Waals surface area contributed by atoms with Gasteiger partial charge in [-0.05, 0) is 49.7 Å². The molecule has 178 valence electrons. The molecule has 0 heterocycles. The average molecular weight is 490 g/mol. The molecule has 0 aliphatic heterocycles. The number of alkyl halides is 3. The minimum atomic E-state index is -4.85. The van der Waals surface area contributed by atoms with Gasteiger partial charge in [-0.3, -0.25) is 10.2 Å². The number of rotatable bonds is 5. The van der Waals surface area contributed by atoms with Crippen LogP contribution >= 0.6 is 11.6 Å². The summed E-state index contributed by atoms with van der Waals surface area (Å²) in [4.78, 5) is 36.5. The van der Waals surface area contributed by atoms with E-state index in [-0.39, 0.29) is 23.2 Å². The first-order valence-corrected chi connectivity index (χ1v) is 9.89. The lowest BCUT2D eigenvalue weighted by molar-refractivity contribution is -0.137. The van der Waals surface area contributed by atoms with Crippen LogP contribution in [-0.2, 0) is 10.9 Å². The van der Waals surface area contributed by atoms with E-state index < -0.39 is 47.1 Å². The molecule has 0 radical (unpaired) electrons. The van der Waals surface area contributed by atoms with Gasteiger partial charge in [0.15, 0.2) is 0 Å². The lowest BCUT2D eigenvalue weighted by Crippen LogP contribution is -2.51. The van der Waals surface area contributed by atoms with Crippen molar-refractivity contribution < 1.29 is 36.7 Å². The monoisotopic (exact) mass is 489 g/mol. The van der Waals surface area contributed by atoms with E-state index in [0.717, 1.165) is 5.01 Å². The van der Waals surface area contributed by atoms with E-state index in [1.807, 2.05) is 0 Å². The van der Waals surface area contributed by atoms with Crippen LogP contribution in [0.4, 0.5) is 22.4 Å². The van der Waals surface area contributed by atoms with Gasteiger partial charge in [-0.15, -0.1) is 0 Å². The van der Waals surface area contributed by atoms with Crippen molar-refractivity contribution in [3.8, 4) is 0 Å². The van der Waals surface area contributed by atoms with Crippen LogP contribution in [0, 0.1) is 5.82 Å². The van der Waals surface area contributed by atoms with Crippen LogP contribution in [0.5, 0.6) is 0 Å². The van der Waals surface area contributed by atoms with Gasteiger partial charge in [-0.25, -0.2) is 19.0 Å². The predicted octanol–water partition coefficient (Wildman–Crippen LogP) is 4.72. The Hall–Kier alpha value is -3.34. The summed E-state index contributed by atoms with van der Waals surface area (Å²) in [5, 5.41) is 3.56.